The number of carbonyl (C=O) groups excluding carboxylic acids is 1. The normalized spacial score (nSPS) is 12.5. The predicted octanol–water partition coefficient (Wildman–Crippen LogP) is 3.63. The van der Waals surface area contributed by atoms with Gasteiger partial charge in [0.05, 0.1) is 5.25 Å². The second-order valence-electron chi connectivity index (χ2n) is 3.78. The van der Waals surface area contributed by atoms with Crippen molar-refractivity contribution in [1.82, 2.24) is 0 Å². The van der Waals surface area contributed by atoms with Crippen molar-refractivity contribution in [3.05, 3.63) is 34.9 Å². The Hall–Kier alpha value is -0.760. The third-order valence-electron chi connectivity index (χ3n) is 2.44. The van der Waals surface area contributed by atoms with Crippen LogP contribution in [0.4, 0.5) is 0 Å². The average molecular weight is 222 g/mol. The minimum Gasteiger partial charge on any atom is -0.293 e. The third-order valence-corrected chi connectivity index (χ3v) is 3.49. The molecule has 0 saturated heterocycles. The van der Waals surface area contributed by atoms with Gasteiger partial charge in [0.2, 0.25) is 0 Å². The van der Waals surface area contributed by atoms with Gasteiger partial charge in [0.25, 0.3) is 0 Å². The number of hydrogen-bond donors (Lipinski definition) is 0. The maximum atomic E-state index is 12.1. The Morgan fingerprint density at radius 1 is 1.40 bits per heavy atom. The standard InChI is InChI=1S/C13H18OS/c1-5-15-11(4)13(14)12-8-9(2)6-7-10(12)3/h6-8,11H,5H2,1-4H3. The number of hydrogen-bond acceptors (Lipinski definition) is 2. The highest BCUT2D eigenvalue weighted by Crippen LogP contribution is 2.19. The summed E-state index contributed by atoms with van der Waals surface area (Å²) in [7, 11) is 0. The molecule has 1 aromatic rings. The van der Waals surface area contributed by atoms with Crippen LogP contribution in [0.15, 0.2) is 18.2 Å². The number of rotatable bonds is 4. The van der Waals surface area contributed by atoms with Crippen LogP contribution in [0.25, 0.3) is 0 Å². The second-order valence-corrected chi connectivity index (χ2v) is 5.40. The quantitative estimate of drug-likeness (QED) is 0.724. The molecule has 15 heavy (non-hydrogen) atoms. The highest BCUT2D eigenvalue weighted by molar-refractivity contribution is 8.00. The van der Waals surface area contributed by atoms with Gasteiger partial charge in [-0.2, -0.15) is 11.8 Å². The summed E-state index contributed by atoms with van der Waals surface area (Å²) in [6, 6.07) is 6.06. The predicted molar refractivity (Wildman–Crippen MR) is 67.8 cm³/mol. The third kappa shape index (κ3) is 3.10. The van der Waals surface area contributed by atoms with E-state index in [-0.39, 0.29) is 11.0 Å². The van der Waals surface area contributed by atoms with Crippen molar-refractivity contribution in [1.29, 1.82) is 0 Å². The zero-order valence-corrected chi connectivity index (χ0v) is 10.6. The van der Waals surface area contributed by atoms with Gasteiger partial charge in [0.1, 0.15) is 0 Å². The Balaban J connectivity index is 2.95. The molecule has 0 radical (unpaired) electrons. The largest absolute Gasteiger partial charge is 0.293 e. The first-order chi connectivity index (χ1) is 7.06. The molecule has 1 unspecified atom stereocenters. The minimum atomic E-state index is 0.0653. The summed E-state index contributed by atoms with van der Waals surface area (Å²) in [5, 5.41) is 0.0653. The summed E-state index contributed by atoms with van der Waals surface area (Å²) in [6.07, 6.45) is 0. The van der Waals surface area contributed by atoms with Gasteiger partial charge < -0.3 is 0 Å². The van der Waals surface area contributed by atoms with Crippen molar-refractivity contribution in [3.63, 3.8) is 0 Å². The smallest absolute Gasteiger partial charge is 0.175 e. The first-order valence-corrected chi connectivity index (χ1v) is 6.34. The molecule has 82 valence electrons. The van der Waals surface area contributed by atoms with Crippen molar-refractivity contribution in [2.24, 2.45) is 0 Å². The molecule has 0 aromatic heterocycles. The van der Waals surface area contributed by atoms with E-state index in [1.54, 1.807) is 11.8 Å². The molecule has 1 rings (SSSR count). The monoisotopic (exact) mass is 222 g/mol. The van der Waals surface area contributed by atoms with E-state index in [0.717, 1.165) is 22.4 Å². The van der Waals surface area contributed by atoms with E-state index in [1.165, 1.54) is 0 Å². The van der Waals surface area contributed by atoms with Crippen LogP contribution in [0, 0.1) is 13.8 Å². The van der Waals surface area contributed by atoms with Gasteiger partial charge in [-0.3, -0.25) is 4.79 Å². The Kier molecular flexibility index (Phi) is 4.40. The topological polar surface area (TPSA) is 17.1 Å². The summed E-state index contributed by atoms with van der Waals surface area (Å²) < 4.78 is 0. The van der Waals surface area contributed by atoms with Crippen molar-refractivity contribution >= 4 is 17.5 Å². The van der Waals surface area contributed by atoms with Crippen LogP contribution in [0.2, 0.25) is 0 Å². The van der Waals surface area contributed by atoms with Gasteiger partial charge >= 0.3 is 0 Å². The van der Waals surface area contributed by atoms with Gasteiger partial charge in [-0.25, -0.2) is 0 Å². The van der Waals surface area contributed by atoms with E-state index in [2.05, 4.69) is 6.92 Å². The molecule has 0 aliphatic carbocycles. The van der Waals surface area contributed by atoms with Crippen LogP contribution in [0.5, 0.6) is 0 Å². The average Bonchev–Trinajstić information content (AvgIpc) is 2.21. The van der Waals surface area contributed by atoms with Gasteiger partial charge in [-0.15, -0.1) is 0 Å². The van der Waals surface area contributed by atoms with Crippen molar-refractivity contribution in [2.45, 2.75) is 32.9 Å². The Labute approximate surface area is 96.3 Å². The Morgan fingerprint density at radius 3 is 2.67 bits per heavy atom. The van der Waals surface area contributed by atoms with E-state index < -0.39 is 0 Å². The zero-order chi connectivity index (χ0) is 11.4. The zero-order valence-electron chi connectivity index (χ0n) is 9.83. The van der Waals surface area contributed by atoms with Crippen molar-refractivity contribution in [3.8, 4) is 0 Å². The summed E-state index contributed by atoms with van der Waals surface area (Å²) in [6.45, 7) is 8.08. The Bertz CT molecular complexity index is 358. The van der Waals surface area contributed by atoms with Crippen LogP contribution in [-0.2, 0) is 0 Å². The molecule has 0 aliphatic heterocycles. The van der Waals surface area contributed by atoms with Crippen LogP contribution < -0.4 is 0 Å². The summed E-state index contributed by atoms with van der Waals surface area (Å²) in [5.74, 6) is 1.24. The van der Waals surface area contributed by atoms with Crippen LogP contribution in [0.1, 0.15) is 35.3 Å². The molecule has 0 fully saturated rings. The van der Waals surface area contributed by atoms with E-state index in [1.807, 2.05) is 39.0 Å². The molecule has 0 amide bonds. The fourth-order valence-electron chi connectivity index (χ4n) is 1.55. The van der Waals surface area contributed by atoms with Crippen LogP contribution >= 0.6 is 11.8 Å². The number of carbonyl (C=O) groups is 1. The molecular formula is C13H18OS. The molecule has 0 saturated carbocycles. The molecule has 0 N–H and O–H groups in total. The van der Waals surface area contributed by atoms with Gasteiger partial charge in [0.15, 0.2) is 5.78 Å². The Morgan fingerprint density at radius 2 is 2.07 bits per heavy atom. The molecule has 0 spiro atoms. The molecule has 0 bridgehead atoms. The number of benzene rings is 1. The summed E-state index contributed by atoms with van der Waals surface area (Å²) in [4.78, 5) is 12.1. The molecule has 0 heterocycles. The number of ketones is 1. The maximum absolute atomic E-state index is 12.1. The lowest BCUT2D eigenvalue weighted by atomic mass is 10.0. The number of thioether (sulfide) groups is 1. The van der Waals surface area contributed by atoms with E-state index in [9.17, 15) is 4.79 Å². The lowest BCUT2D eigenvalue weighted by molar-refractivity contribution is 0.0993. The van der Waals surface area contributed by atoms with Crippen LogP contribution in [0.3, 0.4) is 0 Å². The molecule has 1 atom stereocenters. The van der Waals surface area contributed by atoms with Crippen molar-refractivity contribution < 1.29 is 4.79 Å². The van der Waals surface area contributed by atoms with Crippen molar-refractivity contribution in [2.75, 3.05) is 5.75 Å². The lowest BCUT2D eigenvalue weighted by Gasteiger charge is -2.11. The highest BCUT2D eigenvalue weighted by Gasteiger charge is 2.16. The molecule has 1 aromatic carbocycles. The van der Waals surface area contributed by atoms with Gasteiger partial charge in [-0.1, -0.05) is 24.6 Å². The SMILES string of the molecule is CCSC(C)C(=O)c1cc(C)ccc1C. The summed E-state index contributed by atoms with van der Waals surface area (Å²) in [5.41, 5.74) is 3.11. The van der Waals surface area contributed by atoms with E-state index in [0.29, 0.717) is 0 Å². The summed E-state index contributed by atoms with van der Waals surface area (Å²) >= 11 is 1.70. The molecule has 2 heteroatoms. The van der Waals surface area contributed by atoms with Gasteiger partial charge in [0, 0.05) is 5.56 Å². The molecular weight excluding hydrogens is 204 g/mol. The highest BCUT2D eigenvalue weighted by atomic mass is 32.2. The van der Waals surface area contributed by atoms with E-state index in [4.69, 9.17) is 0 Å². The second kappa shape index (κ2) is 5.36. The number of Topliss-reactive ketones (excluding diaryl/α,β-unsaturated/α-hetero) is 1. The molecule has 1 nitrogen and oxygen atoms in total. The minimum absolute atomic E-state index is 0.0653. The maximum Gasteiger partial charge on any atom is 0.175 e. The van der Waals surface area contributed by atoms with Gasteiger partial charge in [-0.05, 0) is 38.2 Å². The number of aryl methyl sites for hydroxylation is 2. The first-order valence-electron chi connectivity index (χ1n) is 5.29. The van der Waals surface area contributed by atoms with E-state index >= 15 is 0 Å². The van der Waals surface area contributed by atoms with Crippen LogP contribution in [-0.4, -0.2) is 16.8 Å². The first kappa shape index (κ1) is 12.3. The molecule has 0 aliphatic rings. The fraction of sp³-hybridized carbons (Fsp3) is 0.462. The fourth-order valence-corrected chi connectivity index (χ4v) is 2.32. The lowest BCUT2D eigenvalue weighted by Crippen LogP contribution is -2.15.